The van der Waals surface area contributed by atoms with Crippen molar-refractivity contribution >= 4 is 28.4 Å². The fraction of sp³-hybridized carbons (Fsp3) is 0.143. The van der Waals surface area contributed by atoms with Gasteiger partial charge in [-0.3, -0.25) is 9.59 Å². The second kappa shape index (κ2) is 6.88. The molecule has 3 aromatic rings. The van der Waals surface area contributed by atoms with Gasteiger partial charge in [0.1, 0.15) is 0 Å². The van der Waals surface area contributed by atoms with Crippen LogP contribution in [0, 0.1) is 6.92 Å². The number of likely N-dealkylation sites (N-methyl/N-ethyl adjacent to an activating group) is 1. The highest BCUT2D eigenvalue weighted by Crippen LogP contribution is 2.34. The van der Waals surface area contributed by atoms with Gasteiger partial charge in [0.25, 0.3) is 0 Å². The number of amides is 2. The lowest BCUT2D eigenvalue weighted by molar-refractivity contribution is -0.117. The van der Waals surface area contributed by atoms with Crippen LogP contribution in [-0.4, -0.2) is 23.8 Å². The summed E-state index contributed by atoms with van der Waals surface area (Å²) in [6, 6.07) is 11.7. The van der Waals surface area contributed by atoms with Crippen LogP contribution < -0.4 is 10.6 Å². The molecule has 132 valence electrons. The lowest BCUT2D eigenvalue weighted by atomic mass is 9.95. The number of nitrogens with zero attached hydrogens (tertiary/aromatic N) is 1. The molecule has 3 N–H and O–H groups in total. The van der Waals surface area contributed by atoms with Gasteiger partial charge in [-0.15, -0.1) is 0 Å². The third-order valence-electron chi connectivity index (χ3n) is 4.53. The number of aromatic nitrogens is 1. The van der Waals surface area contributed by atoms with Gasteiger partial charge in [-0.2, -0.15) is 0 Å². The lowest BCUT2D eigenvalue weighted by Crippen LogP contribution is -2.23. The molecule has 0 radical (unpaired) electrons. The Hall–Kier alpha value is -3.34. The van der Waals surface area contributed by atoms with Crippen LogP contribution in [0.2, 0.25) is 0 Å². The van der Waals surface area contributed by atoms with Gasteiger partial charge in [0.15, 0.2) is 0 Å². The first kappa shape index (κ1) is 17.5. The number of carbonyl (C=O) groups excluding carboxylic acids is 2. The Morgan fingerprint density at radius 3 is 2.73 bits per heavy atom. The van der Waals surface area contributed by atoms with Crippen molar-refractivity contribution < 1.29 is 9.59 Å². The molecule has 0 saturated heterocycles. The van der Waals surface area contributed by atoms with Crippen molar-refractivity contribution in [1.29, 1.82) is 0 Å². The summed E-state index contributed by atoms with van der Waals surface area (Å²) in [6.45, 7) is 5.55. The molecule has 0 aliphatic heterocycles. The number of H-pyrrole nitrogens is 1. The van der Waals surface area contributed by atoms with Crippen LogP contribution in [0.5, 0.6) is 0 Å². The second-order valence-corrected chi connectivity index (χ2v) is 6.29. The highest BCUT2D eigenvalue weighted by atomic mass is 16.2. The molecule has 0 aliphatic rings. The van der Waals surface area contributed by atoms with Crippen LogP contribution in [0.3, 0.4) is 0 Å². The molecule has 0 fully saturated rings. The first-order valence-electron chi connectivity index (χ1n) is 8.30. The first-order valence-corrected chi connectivity index (χ1v) is 8.30. The van der Waals surface area contributed by atoms with Gasteiger partial charge < -0.3 is 15.6 Å². The minimum absolute atomic E-state index is 0.165. The summed E-state index contributed by atoms with van der Waals surface area (Å²) in [5.41, 5.74) is 11.1. The molecule has 0 bridgehead atoms. The van der Waals surface area contributed by atoms with E-state index in [9.17, 15) is 9.59 Å². The molecule has 2 amide bonds. The predicted molar refractivity (Wildman–Crippen MR) is 105 cm³/mol. The van der Waals surface area contributed by atoms with Crippen LogP contribution >= 0.6 is 0 Å². The number of nitrogens with two attached hydrogens (primary N) is 1. The van der Waals surface area contributed by atoms with Crippen molar-refractivity contribution in [2.75, 3.05) is 11.9 Å². The molecule has 1 aromatic heterocycles. The van der Waals surface area contributed by atoms with E-state index in [1.165, 1.54) is 6.08 Å². The molecule has 5 nitrogen and oxygen atoms in total. The summed E-state index contributed by atoms with van der Waals surface area (Å²) in [4.78, 5) is 28.0. The van der Waals surface area contributed by atoms with Gasteiger partial charge >= 0.3 is 0 Å². The van der Waals surface area contributed by atoms with Crippen molar-refractivity contribution in [3.05, 3.63) is 66.4 Å². The number of primary amides is 1. The van der Waals surface area contributed by atoms with Gasteiger partial charge in [-0.25, -0.2) is 0 Å². The Balaban J connectivity index is 2.15. The fourth-order valence-corrected chi connectivity index (χ4v) is 3.19. The SMILES string of the molecule is C=CC(=O)N(C)c1cccc(-c2ccc(CC(N)=O)c3[nH]cc(C)c23)c1. The third-order valence-corrected chi connectivity index (χ3v) is 4.53. The Labute approximate surface area is 152 Å². The van der Waals surface area contributed by atoms with E-state index in [-0.39, 0.29) is 18.2 Å². The van der Waals surface area contributed by atoms with Crippen LogP contribution in [-0.2, 0) is 16.0 Å². The third kappa shape index (κ3) is 3.11. The molecule has 2 aromatic carbocycles. The van der Waals surface area contributed by atoms with Crippen molar-refractivity contribution in [2.45, 2.75) is 13.3 Å². The van der Waals surface area contributed by atoms with E-state index in [2.05, 4.69) is 11.6 Å². The number of hydrogen-bond donors (Lipinski definition) is 2. The minimum atomic E-state index is -0.363. The van der Waals surface area contributed by atoms with Gasteiger partial charge in [-0.05, 0) is 47.4 Å². The predicted octanol–water partition coefficient (Wildman–Crippen LogP) is 3.32. The van der Waals surface area contributed by atoms with E-state index in [4.69, 9.17) is 5.73 Å². The fourth-order valence-electron chi connectivity index (χ4n) is 3.19. The maximum atomic E-state index is 11.9. The number of nitrogens with one attached hydrogen (secondary N) is 1. The maximum absolute atomic E-state index is 11.9. The standard InChI is InChI=1S/C21H21N3O2/c1-4-19(26)24(3)16-7-5-6-14(10-16)17-9-8-15(11-18(22)25)21-20(17)13(2)12-23-21/h4-10,12,23H,1,11H2,2-3H3,(H2,22,25). The number of aromatic amines is 1. The van der Waals surface area contributed by atoms with E-state index in [0.717, 1.165) is 38.8 Å². The highest BCUT2D eigenvalue weighted by Gasteiger charge is 2.14. The van der Waals surface area contributed by atoms with E-state index in [1.807, 2.05) is 49.5 Å². The molecule has 5 heteroatoms. The topological polar surface area (TPSA) is 79.2 Å². The molecule has 0 unspecified atom stereocenters. The second-order valence-electron chi connectivity index (χ2n) is 6.29. The average molecular weight is 347 g/mol. The number of hydrogen-bond acceptors (Lipinski definition) is 2. The zero-order chi connectivity index (χ0) is 18.8. The van der Waals surface area contributed by atoms with Crippen LogP contribution in [0.4, 0.5) is 5.69 Å². The Bertz CT molecular complexity index is 1020. The summed E-state index contributed by atoms with van der Waals surface area (Å²) in [5.74, 6) is -0.528. The van der Waals surface area contributed by atoms with E-state index in [1.54, 1.807) is 11.9 Å². The Morgan fingerprint density at radius 2 is 2.04 bits per heavy atom. The van der Waals surface area contributed by atoms with Crippen LogP contribution in [0.15, 0.2) is 55.3 Å². The van der Waals surface area contributed by atoms with E-state index < -0.39 is 0 Å². The average Bonchev–Trinajstić information content (AvgIpc) is 3.03. The van der Waals surface area contributed by atoms with Crippen LogP contribution in [0.1, 0.15) is 11.1 Å². The number of aryl methyl sites for hydroxylation is 1. The van der Waals surface area contributed by atoms with Gasteiger partial charge in [0, 0.05) is 24.3 Å². The largest absolute Gasteiger partial charge is 0.369 e. The highest BCUT2D eigenvalue weighted by molar-refractivity contribution is 6.03. The summed E-state index contributed by atoms with van der Waals surface area (Å²) < 4.78 is 0. The molecular weight excluding hydrogens is 326 g/mol. The number of rotatable bonds is 5. The van der Waals surface area contributed by atoms with E-state index >= 15 is 0 Å². The Kier molecular flexibility index (Phi) is 4.63. The van der Waals surface area contributed by atoms with Crippen LogP contribution in [0.25, 0.3) is 22.0 Å². The summed E-state index contributed by atoms with van der Waals surface area (Å²) in [5, 5.41) is 1.05. The number of fused-ring (bicyclic) bond motifs is 1. The van der Waals surface area contributed by atoms with Gasteiger partial charge in [0.2, 0.25) is 11.8 Å². The van der Waals surface area contributed by atoms with E-state index in [0.29, 0.717) is 0 Å². The monoisotopic (exact) mass is 347 g/mol. The summed E-state index contributed by atoms with van der Waals surface area (Å²) in [6.07, 6.45) is 3.41. The molecule has 26 heavy (non-hydrogen) atoms. The molecule has 0 spiro atoms. The Morgan fingerprint density at radius 1 is 1.27 bits per heavy atom. The quantitative estimate of drug-likeness (QED) is 0.694. The molecule has 0 saturated carbocycles. The number of carbonyl (C=O) groups is 2. The van der Waals surface area contributed by atoms with Gasteiger partial charge in [-0.1, -0.05) is 30.8 Å². The molecule has 3 rings (SSSR count). The zero-order valence-electron chi connectivity index (χ0n) is 14.9. The molecule has 0 atom stereocenters. The molecular formula is C21H21N3O2. The van der Waals surface area contributed by atoms with Gasteiger partial charge in [0.05, 0.1) is 11.9 Å². The lowest BCUT2D eigenvalue weighted by Gasteiger charge is -2.17. The number of benzene rings is 2. The summed E-state index contributed by atoms with van der Waals surface area (Å²) >= 11 is 0. The zero-order valence-corrected chi connectivity index (χ0v) is 14.9. The minimum Gasteiger partial charge on any atom is -0.369 e. The van der Waals surface area contributed by atoms with Crippen molar-refractivity contribution in [2.24, 2.45) is 5.73 Å². The van der Waals surface area contributed by atoms with Crippen molar-refractivity contribution in [3.63, 3.8) is 0 Å². The normalized spacial score (nSPS) is 10.7. The maximum Gasteiger partial charge on any atom is 0.250 e. The summed E-state index contributed by atoms with van der Waals surface area (Å²) in [7, 11) is 1.72. The van der Waals surface area contributed by atoms with Crippen molar-refractivity contribution in [3.8, 4) is 11.1 Å². The van der Waals surface area contributed by atoms with Crippen molar-refractivity contribution in [1.82, 2.24) is 4.98 Å². The number of anilines is 1. The first-order chi connectivity index (χ1) is 12.4. The smallest absolute Gasteiger partial charge is 0.250 e. The molecule has 1 heterocycles. The molecule has 0 aliphatic carbocycles.